The number of imidazole rings is 1. The van der Waals surface area contributed by atoms with Crippen molar-refractivity contribution < 1.29 is 4.79 Å². The summed E-state index contributed by atoms with van der Waals surface area (Å²) in [6.45, 7) is 10.4. The van der Waals surface area contributed by atoms with E-state index in [4.69, 9.17) is 4.98 Å². The summed E-state index contributed by atoms with van der Waals surface area (Å²) in [6, 6.07) is 8.26. The van der Waals surface area contributed by atoms with Crippen LogP contribution in [0.3, 0.4) is 0 Å². The average Bonchev–Trinajstić information content (AvgIpc) is 3.24. The normalized spacial score (nSPS) is 19.8. The van der Waals surface area contributed by atoms with Crippen molar-refractivity contribution in [3.63, 3.8) is 0 Å². The molecule has 0 radical (unpaired) electrons. The summed E-state index contributed by atoms with van der Waals surface area (Å²) in [5, 5.41) is 0. The van der Waals surface area contributed by atoms with Crippen molar-refractivity contribution in [2.24, 2.45) is 0 Å². The molecule has 0 saturated carbocycles. The molecule has 0 N–H and O–H groups in total. The van der Waals surface area contributed by atoms with Gasteiger partial charge < -0.3 is 4.90 Å². The first-order chi connectivity index (χ1) is 11.9. The van der Waals surface area contributed by atoms with Crippen molar-refractivity contribution in [3.8, 4) is 5.69 Å². The number of likely N-dealkylation sites (tertiary alicyclic amines) is 1. The molecule has 0 aliphatic carbocycles. The van der Waals surface area contributed by atoms with Crippen molar-refractivity contribution in [1.29, 1.82) is 0 Å². The monoisotopic (exact) mass is 338 g/mol. The number of anilines is 1. The summed E-state index contributed by atoms with van der Waals surface area (Å²) in [4.78, 5) is 21.9. The Morgan fingerprint density at radius 1 is 1.12 bits per heavy atom. The first kappa shape index (κ1) is 16.2. The van der Waals surface area contributed by atoms with Crippen molar-refractivity contribution in [3.05, 3.63) is 42.0 Å². The third kappa shape index (κ3) is 2.44. The maximum Gasteiger partial charge on any atom is 0.325 e. The third-order valence-corrected chi connectivity index (χ3v) is 5.24. The van der Waals surface area contributed by atoms with Gasteiger partial charge in [0.1, 0.15) is 5.82 Å². The van der Waals surface area contributed by atoms with E-state index >= 15 is 0 Å². The van der Waals surface area contributed by atoms with Crippen LogP contribution in [0.4, 0.5) is 10.5 Å². The fraction of sp³-hybridized carbons (Fsp3) is 0.500. The molecule has 1 unspecified atom stereocenters. The zero-order valence-electron chi connectivity index (χ0n) is 15.5. The number of benzene rings is 1. The zero-order valence-corrected chi connectivity index (χ0v) is 15.5. The standard InChI is InChI=1S/C20H26N4O/c1-14-17-13-21-18(20(2,3)4)24(17)16-10-6-5-9-15(16)23(14)19(25)22-11-7-8-12-22/h5-6,9-10,13-14H,7-8,11-12H2,1-4H3. The molecular weight excluding hydrogens is 312 g/mol. The van der Waals surface area contributed by atoms with Gasteiger partial charge in [-0.2, -0.15) is 0 Å². The summed E-state index contributed by atoms with van der Waals surface area (Å²) < 4.78 is 2.24. The highest BCUT2D eigenvalue weighted by Crippen LogP contribution is 2.42. The van der Waals surface area contributed by atoms with Gasteiger partial charge in [-0.25, -0.2) is 9.78 Å². The van der Waals surface area contributed by atoms with Crippen molar-refractivity contribution >= 4 is 11.7 Å². The van der Waals surface area contributed by atoms with Crippen LogP contribution in [0.1, 0.15) is 58.1 Å². The van der Waals surface area contributed by atoms with Crippen molar-refractivity contribution in [1.82, 2.24) is 14.5 Å². The Kier molecular flexibility index (Phi) is 3.63. The quantitative estimate of drug-likeness (QED) is 0.720. The molecule has 1 aromatic heterocycles. The molecule has 0 bridgehead atoms. The van der Waals surface area contributed by atoms with Gasteiger partial charge in [0.05, 0.1) is 29.3 Å². The maximum atomic E-state index is 13.2. The number of para-hydroxylation sites is 2. The molecule has 3 heterocycles. The van der Waals surface area contributed by atoms with E-state index in [1.165, 1.54) is 0 Å². The van der Waals surface area contributed by atoms with E-state index < -0.39 is 0 Å². The van der Waals surface area contributed by atoms with Gasteiger partial charge in [-0.05, 0) is 31.9 Å². The Labute approximate surface area is 149 Å². The Hall–Kier alpha value is -2.30. The molecule has 2 aromatic rings. The summed E-state index contributed by atoms with van der Waals surface area (Å²) in [6.07, 6.45) is 4.13. The summed E-state index contributed by atoms with van der Waals surface area (Å²) in [7, 11) is 0. The Balaban J connectivity index is 1.87. The van der Waals surface area contributed by atoms with Gasteiger partial charge >= 0.3 is 6.03 Å². The van der Waals surface area contributed by atoms with E-state index in [0.717, 1.165) is 48.8 Å². The van der Waals surface area contributed by atoms with Gasteiger partial charge in [0.15, 0.2) is 0 Å². The molecule has 1 aromatic carbocycles. The number of amides is 2. The van der Waals surface area contributed by atoms with E-state index in [9.17, 15) is 4.79 Å². The Morgan fingerprint density at radius 3 is 2.40 bits per heavy atom. The molecule has 25 heavy (non-hydrogen) atoms. The first-order valence-corrected chi connectivity index (χ1v) is 9.15. The van der Waals surface area contributed by atoms with E-state index in [2.05, 4.69) is 44.4 Å². The second-order valence-electron chi connectivity index (χ2n) is 8.10. The molecule has 5 nitrogen and oxygen atoms in total. The Morgan fingerprint density at radius 2 is 1.76 bits per heavy atom. The highest BCUT2D eigenvalue weighted by molar-refractivity contribution is 5.96. The number of hydrogen-bond donors (Lipinski definition) is 0. The van der Waals surface area contributed by atoms with Crippen LogP contribution in [0.2, 0.25) is 0 Å². The molecule has 2 aliphatic rings. The van der Waals surface area contributed by atoms with E-state index in [-0.39, 0.29) is 17.5 Å². The number of fused-ring (bicyclic) bond motifs is 3. The first-order valence-electron chi connectivity index (χ1n) is 9.15. The van der Waals surface area contributed by atoms with Gasteiger partial charge in [0.2, 0.25) is 0 Å². The molecule has 2 amide bonds. The number of rotatable bonds is 0. The number of urea groups is 1. The number of carbonyl (C=O) groups is 1. The smallest absolute Gasteiger partial charge is 0.324 e. The van der Waals surface area contributed by atoms with Crippen LogP contribution in [-0.4, -0.2) is 33.6 Å². The molecule has 1 atom stereocenters. The van der Waals surface area contributed by atoms with Crippen LogP contribution < -0.4 is 4.90 Å². The lowest BCUT2D eigenvalue weighted by atomic mass is 9.95. The van der Waals surface area contributed by atoms with Crippen molar-refractivity contribution in [2.75, 3.05) is 18.0 Å². The Bertz CT molecular complexity index is 811. The maximum absolute atomic E-state index is 13.2. The lowest BCUT2D eigenvalue weighted by Gasteiger charge is -2.39. The van der Waals surface area contributed by atoms with Crippen LogP contribution in [-0.2, 0) is 5.41 Å². The number of carbonyl (C=O) groups excluding carboxylic acids is 1. The summed E-state index contributed by atoms with van der Waals surface area (Å²) in [5.74, 6) is 1.04. The topological polar surface area (TPSA) is 41.4 Å². The molecule has 2 aliphatic heterocycles. The fourth-order valence-electron chi connectivity index (χ4n) is 3.97. The van der Waals surface area contributed by atoms with Gasteiger partial charge in [-0.1, -0.05) is 32.9 Å². The van der Waals surface area contributed by atoms with E-state index in [1.807, 2.05) is 28.1 Å². The molecule has 4 rings (SSSR count). The highest BCUT2D eigenvalue weighted by atomic mass is 16.2. The summed E-state index contributed by atoms with van der Waals surface area (Å²) in [5.41, 5.74) is 3.04. The predicted octanol–water partition coefficient (Wildman–Crippen LogP) is 4.27. The highest BCUT2D eigenvalue weighted by Gasteiger charge is 2.38. The van der Waals surface area contributed by atoms with Gasteiger partial charge in [0.25, 0.3) is 0 Å². The van der Waals surface area contributed by atoms with Gasteiger partial charge in [0, 0.05) is 18.5 Å². The molecule has 1 saturated heterocycles. The molecule has 5 heteroatoms. The molecular formula is C20H26N4O. The lowest BCUT2D eigenvalue weighted by molar-refractivity contribution is 0.212. The SMILES string of the molecule is CC1c2cnc(C(C)(C)C)n2-c2ccccc2N1C(=O)N1CCCC1. The second kappa shape index (κ2) is 5.61. The zero-order chi connectivity index (χ0) is 17.8. The molecule has 1 fully saturated rings. The average molecular weight is 338 g/mol. The molecule has 0 spiro atoms. The number of hydrogen-bond acceptors (Lipinski definition) is 2. The van der Waals surface area contributed by atoms with E-state index in [1.54, 1.807) is 0 Å². The van der Waals surface area contributed by atoms with Crippen molar-refractivity contribution in [2.45, 2.75) is 52.0 Å². The predicted molar refractivity (Wildman–Crippen MR) is 99.4 cm³/mol. The summed E-state index contributed by atoms with van der Waals surface area (Å²) >= 11 is 0. The minimum absolute atomic E-state index is 0.0356. The largest absolute Gasteiger partial charge is 0.325 e. The molecule has 132 valence electrons. The van der Waals surface area contributed by atoms with Crippen LogP contribution >= 0.6 is 0 Å². The van der Waals surface area contributed by atoms with Crippen LogP contribution in [0.15, 0.2) is 30.5 Å². The van der Waals surface area contributed by atoms with Crippen LogP contribution in [0.25, 0.3) is 5.69 Å². The van der Waals surface area contributed by atoms with Crippen LogP contribution in [0.5, 0.6) is 0 Å². The number of aromatic nitrogens is 2. The second-order valence-corrected chi connectivity index (χ2v) is 8.10. The van der Waals surface area contributed by atoms with Gasteiger partial charge in [-0.15, -0.1) is 0 Å². The van der Waals surface area contributed by atoms with Crippen LogP contribution in [0, 0.1) is 0 Å². The third-order valence-electron chi connectivity index (χ3n) is 5.24. The minimum atomic E-state index is -0.0633. The fourth-order valence-corrected chi connectivity index (χ4v) is 3.97. The lowest BCUT2D eigenvalue weighted by Crippen LogP contribution is -2.46. The van der Waals surface area contributed by atoms with E-state index in [0.29, 0.717) is 0 Å². The minimum Gasteiger partial charge on any atom is -0.324 e. The van der Waals surface area contributed by atoms with Gasteiger partial charge in [-0.3, -0.25) is 9.47 Å². The number of nitrogens with zero attached hydrogens (tertiary/aromatic N) is 4.